The van der Waals surface area contributed by atoms with E-state index in [1.807, 2.05) is 0 Å². The maximum absolute atomic E-state index is 5.39. The van der Waals surface area contributed by atoms with Crippen LogP contribution in [0.2, 0.25) is 4.78 Å². The molecule has 0 unspecified atom stereocenters. The maximum Gasteiger partial charge on any atom is 0.426 e. The van der Waals surface area contributed by atoms with E-state index < -0.39 is 0 Å². The first-order valence-electron chi connectivity index (χ1n) is 3.11. The van der Waals surface area contributed by atoms with Crippen LogP contribution in [0, 0.1) is 0 Å². The third-order valence-corrected chi connectivity index (χ3v) is 1.87. The van der Waals surface area contributed by atoms with Crippen molar-refractivity contribution in [3.8, 4) is 0 Å². The minimum atomic E-state index is 0.234. The van der Waals surface area contributed by atoms with Gasteiger partial charge in [-0.25, -0.2) is 0 Å². The summed E-state index contributed by atoms with van der Waals surface area (Å²) in [5.41, 5.74) is 0. The van der Waals surface area contributed by atoms with Crippen LogP contribution < -0.4 is 0 Å². The molecule has 8 heavy (non-hydrogen) atoms. The Morgan fingerprint density at radius 2 is 1.62 bits per heavy atom. The molecular formula is C6H14AlO. The Hall–Kier alpha value is 0.492. The van der Waals surface area contributed by atoms with Gasteiger partial charge in [-0.3, -0.25) is 0 Å². The minimum Gasteiger partial charge on any atom is -0.505 e. The third kappa shape index (κ3) is 6.49. The van der Waals surface area contributed by atoms with E-state index in [-0.39, 0.29) is 15.6 Å². The first-order chi connectivity index (χ1) is 3.63. The van der Waals surface area contributed by atoms with Crippen LogP contribution in [-0.4, -0.2) is 21.7 Å². The van der Waals surface area contributed by atoms with Gasteiger partial charge in [0.05, 0.1) is 0 Å². The average Bonchev–Trinajstić information content (AvgIpc) is 1.61. The Bertz CT molecular complexity index is 44.5. The highest BCUT2D eigenvalue weighted by Gasteiger charge is 2.00. The Morgan fingerprint density at radius 3 is 1.75 bits per heavy atom. The van der Waals surface area contributed by atoms with Gasteiger partial charge in [0.2, 0.25) is 0 Å². The summed E-state index contributed by atoms with van der Waals surface area (Å²) in [6.07, 6.45) is 0.424. The molecule has 0 aliphatic rings. The van der Waals surface area contributed by atoms with E-state index in [1.165, 1.54) is 0 Å². The predicted molar refractivity (Wildman–Crippen MR) is 37.1 cm³/mol. The van der Waals surface area contributed by atoms with Crippen molar-refractivity contribution in [2.75, 3.05) is 0 Å². The normalized spacial score (nSPS) is 10.8. The van der Waals surface area contributed by atoms with Gasteiger partial charge in [0.25, 0.3) is 0 Å². The van der Waals surface area contributed by atoms with E-state index in [4.69, 9.17) is 3.79 Å². The van der Waals surface area contributed by atoms with Crippen LogP contribution in [-0.2, 0) is 3.79 Å². The molecule has 0 spiro atoms. The second kappa shape index (κ2) is 4.38. The fraction of sp³-hybridized carbons (Fsp3) is 1.00. The van der Waals surface area contributed by atoms with Crippen LogP contribution in [0.25, 0.3) is 0 Å². The van der Waals surface area contributed by atoms with Crippen molar-refractivity contribution in [3.05, 3.63) is 0 Å². The van der Waals surface area contributed by atoms with Crippen LogP contribution in [0.5, 0.6) is 0 Å². The minimum absolute atomic E-state index is 0.234. The highest BCUT2D eigenvalue weighted by Crippen LogP contribution is 1.98. The molecule has 0 aromatic heterocycles. The van der Waals surface area contributed by atoms with E-state index in [0.29, 0.717) is 6.10 Å². The van der Waals surface area contributed by atoms with Crippen molar-refractivity contribution in [3.63, 3.8) is 0 Å². The molecule has 1 nitrogen and oxygen atoms in total. The number of hydrogen-bond donors (Lipinski definition) is 0. The van der Waals surface area contributed by atoms with Crippen LogP contribution >= 0.6 is 0 Å². The SMILES string of the molecule is CC(C)[O][Al][CH](C)C. The molecule has 0 fully saturated rings. The zero-order chi connectivity index (χ0) is 6.57. The van der Waals surface area contributed by atoms with Gasteiger partial charge in [0.15, 0.2) is 0 Å². The molecule has 0 heterocycles. The van der Waals surface area contributed by atoms with Crippen molar-refractivity contribution in [1.29, 1.82) is 0 Å². The molecule has 47 valence electrons. The Kier molecular flexibility index (Phi) is 4.65. The molecular weight excluding hydrogens is 115 g/mol. The molecule has 1 radical (unpaired) electrons. The quantitative estimate of drug-likeness (QED) is 0.528. The highest BCUT2D eigenvalue weighted by atomic mass is 27.1. The summed E-state index contributed by atoms with van der Waals surface area (Å²) >= 11 is 0.234. The molecule has 2 heteroatoms. The van der Waals surface area contributed by atoms with E-state index in [2.05, 4.69) is 27.7 Å². The lowest BCUT2D eigenvalue weighted by Crippen LogP contribution is -2.09. The molecule has 0 aliphatic carbocycles. The first-order valence-corrected chi connectivity index (χ1v) is 4.25. The van der Waals surface area contributed by atoms with E-state index in [1.54, 1.807) is 0 Å². The fourth-order valence-electron chi connectivity index (χ4n) is 0.314. The third-order valence-electron chi connectivity index (χ3n) is 0.623. The van der Waals surface area contributed by atoms with Crippen LogP contribution in [0.15, 0.2) is 0 Å². The van der Waals surface area contributed by atoms with Crippen LogP contribution in [0.4, 0.5) is 0 Å². The van der Waals surface area contributed by atoms with Crippen LogP contribution in [0.1, 0.15) is 27.7 Å². The molecule has 0 amide bonds. The van der Waals surface area contributed by atoms with Crippen molar-refractivity contribution < 1.29 is 3.79 Å². The fourth-order valence-corrected chi connectivity index (χ4v) is 0.943. The van der Waals surface area contributed by atoms with E-state index >= 15 is 0 Å². The Balaban J connectivity index is 2.93. The zero-order valence-corrected chi connectivity index (χ0v) is 7.29. The lowest BCUT2D eigenvalue weighted by molar-refractivity contribution is 0.252. The maximum atomic E-state index is 5.39. The summed E-state index contributed by atoms with van der Waals surface area (Å²) in [5.74, 6) is 0. The molecule has 0 rings (SSSR count). The summed E-state index contributed by atoms with van der Waals surface area (Å²) in [6.45, 7) is 8.54. The molecule has 0 aromatic rings. The molecule has 0 aliphatic heterocycles. The van der Waals surface area contributed by atoms with Gasteiger partial charge in [-0.2, -0.15) is 0 Å². The standard InChI is InChI=1S/C3H7O.C3H7.Al/c1-3(2)4;1-3-2;/h3H,1-2H3;3H,1-2H3;/q-1;;+1. The number of rotatable bonds is 3. The predicted octanol–water partition coefficient (Wildman–Crippen LogP) is 1.86. The highest BCUT2D eigenvalue weighted by molar-refractivity contribution is 6.29. The van der Waals surface area contributed by atoms with Crippen molar-refractivity contribution in [1.82, 2.24) is 0 Å². The van der Waals surface area contributed by atoms with Gasteiger partial charge in [-0.05, 0) is 13.8 Å². The van der Waals surface area contributed by atoms with Crippen molar-refractivity contribution >= 4 is 15.6 Å². The van der Waals surface area contributed by atoms with Gasteiger partial charge in [-0.15, -0.1) is 0 Å². The average molecular weight is 129 g/mol. The van der Waals surface area contributed by atoms with Gasteiger partial charge in [0, 0.05) is 6.10 Å². The lowest BCUT2D eigenvalue weighted by atomic mass is 10.5. The van der Waals surface area contributed by atoms with Gasteiger partial charge >= 0.3 is 15.6 Å². The first kappa shape index (κ1) is 8.49. The summed E-state index contributed by atoms with van der Waals surface area (Å²) in [5, 5.41) is 0. The molecule has 0 saturated carbocycles. The zero-order valence-electron chi connectivity index (χ0n) is 6.14. The van der Waals surface area contributed by atoms with E-state index in [9.17, 15) is 0 Å². The van der Waals surface area contributed by atoms with Gasteiger partial charge in [0.1, 0.15) is 0 Å². The largest absolute Gasteiger partial charge is 0.505 e. The summed E-state index contributed by atoms with van der Waals surface area (Å²) in [4.78, 5) is 0. The second-order valence-corrected chi connectivity index (χ2v) is 4.44. The van der Waals surface area contributed by atoms with Crippen LogP contribution in [0.3, 0.4) is 0 Å². The Labute approximate surface area is 58.5 Å². The lowest BCUT2D eigenvalue weighted by Gasteiger charge is -2.07. The summed E-state index contributed by atoms with van der Waals surface area (Å²) in [6, 6.07) is 0. The summed E-state index contributed by atoms with van der Waals surface area (Å²) < 4.78 is 6.13. The second-order valence-electron chi connectivity index (χ2n) is 2.56. The topological polar surface area (TPSA) is 9.23 Å². The monoisotopic (exact) mass is 129 g/mol. The number of hydrogen-bond acceptors (Lipinski definition) is 1. The smallest absolute Gasteiger partial charge is 0.426 e. The van der Waals surface area contributed by atoms with Crippen molar-refractivity contribution in [2.45, 2.75) is 38.6 Å². The Morgan fingerprint density at radius 1 is 1.12 bits per heavy atom. The molecule has 0 N–H and O–H groups in total. The summed E-state index contributed by atoms with van der Waals surface area (Å²) in [7, 11) is 0. The molecule has 0 atom stereocenters. The van der Waals surface area contributed by atoms with E-state index in [0.717, 1.165) is 4.78 Å². The van der Waals surface area contributed by atoms with Gasteiger partial charge < -0.3 is 3.79 Å². The van der Waals surface area contributed by atoms with Crippen molar-refractivity contribution in [2.24, 2.45) is 0 Å². The molecule has 0 aromatic carbocycles. The molecule has 0 saturated heterocycles. The van der Waals surface area contributed by atoms with Gasteiger partial charge in [-0.1, -0.05) is 18.6 Å². The molecule has 0 bridgehead atoms.